The zero-order valence-corrected chi connectivity index (χ0v) is 56.7. The number of aliphatic hydroxyl groups excluding tert-OH is 1. The quantitative estimate of drug-likeness (QED) is 0.122. The number of likely N-dealkylation sites (N-methyl/N-ethyl adjacent to an activating group) is 7. The number of rotatable bonds is 17. The van der Waals surface area contributed by atoms with E-state index in [1.807, 2.05) is 55.4 Å². The Morgan fingerprint density at radius 1 is 0.471 bits per heavy atom. The van der Waals surface area contributed by atoms with E-state index in [2.05, 4.69) is 21.3 Å². The second kappa shape index (κ2) is 35.6. The van der Waals surface area contributed by atoms with Gasteiger partial charge in [-0.2, -0.15) is 0 Å². The predicted octanol–water partition coefficient (Wildman–Crippen LogP) is 2.56. The van der Waals surface area contributed by atoms with E-state index in [1.165, 1.54) is 87.7 Å². The highest BCUT2D eigenvalue weighted by Gasteiger charge is 2.46. The summed E-state index contributed by atoms with van der Waals surface area (Å²) in [5, 5.41) is 32.4. The fourth-order valence-electron chi connectivity index (χ4n) is 10.9. The Labute approximate surface area is 518 Å². The maximum Gasteiger partial charge on any atom is 0.303 e. The molecule has 87 heavy (non-hydrogen) atoms. The first-order valence-electron chi connectivity index (χ1n) is 31.0. The highest BCUT2D eigenvalue weighted by Crippen LogP contribution is 2.26. The fourth-order valence-corrected chi connectivity index (χ4v) is 10.9. The smallest absolute Gasteiger partial charge is 0.303 e. The Bertz CT molecular complexity index is 2380. The van der Waals surface area contributed by atoms with Gasteiger partial charge >= 0.3 is 5.97 Å². The molecule has 2 unspecified atom stereocenters. The first-order chi connectivity index (χ1) is 40.1. The lowest BCUT2D eigenvalue weighted by Crippen LogP contribution is -2.63. The molecule has 1 aliphatic heterocycles. The zero-order chi connectivity index (χ0) is 67.6. The Balaban J connectivity index is 4.34. The Morgan fingerprint density at radius 2 is 0.885 bits per heavy atom. The molecule has 0 radical (unpaired) electrons. The second-order valence-electron chi connectivity index (χ2n) is 26.6. The third-order valence-electron chi connectivity index (χ3n) is 16.4. The van der Waals surface area contributed by atoms with Crippen LogP contribution in [0.3, 0.4) is 0 Å². The molecule has 25 heteroatoms. The number of nitrogens with one attached hydrogen (secondary N) is 4. The van der Waals surface area contributed by atoms with Crippen LogP contribution in [0.25, 0.3) is 0 Å². The van der Waals surface area contributed by atoms with Gasteiger partial charge in [0.15, 0.2) is 0 Å². The van der Waals surface area contributed by atoms with Gasteiger partial charge in [-0.05, 0) is 100 Å². The van der Waals surface area contributed by atoms with Crippen molar-refractivity contribution in [2.24, 2.45) is 41.4 Å². The molecular formula is C62H111N11O14. The van der Waals surface area contributed by atoms with Crippen LogP contribution in [0, 0.1) is 41.4 Å². The standard InChI is InChI=1S/C62H111N11O14/c1-24-42-58(83)67(17)32-47(74)68(18)43(28-33(2)3)55(80)66-49(37(10)11)61(86)69(19)44(29-34(4)5)54(79)63-40(15)53(78)64-41(16)57(82)70(20)45(30-35(6)7)59(84)71(21)46(31-36(8)9)60(85)72(22)50(38(12)13)62(87)73(23)51(56(81)65-42)52(77)39(14)26-25-27-48(75)76/h33-46,49-52,77H,24-32H2,1-23H3,(H,63,79)(H,64,78)(H,65,81)(H,66,80)(H,75,76)/t39-,40+,41+,42+,43+,44+,45+,46+,49+,50?,51?,52-/m1/s1. The van der Waals surface area contributed by atoms with Crippen molar-refractivity contribution in [3.8, 4) is 0 Å². The summed E-state index contributed by atoms with van der Waals surface area (Å²) in [4.78, 5) is 180. The van der Waals surface area contributed by atoms with Crippen molar-refractivity contribution in [3.63, 3.8) is 0 Å². The molecule has 0 aromatic rings. The first kappa shape index (κ1) is 78.6. The molecule has 1 saturated heterocycles. The molecular weight excluding hydrogens is 1120 g/mol. The van der Waals surface area contributed by atoms with E-state index in [1.54, 1.807) is 41.5 Å². The topological polar surface area (TPSA) is 316 Å². The Kier molecular flexibility index (Phi) is 32.1. The van der Waals surface area contributed by atoms with Gasteiger partial charge in [0.05, 0.1) is 12.6 Å². The van der Waals surface area contributed by atoms with Crippen LogP contribution >= 0.6 is 0 Å². The first-order valence-corrected chi connectivity index (χ1v) is 31.0. The molecule has 0 spiro atoms. The van der Waals surface area contributed by atoms with E-state index in [0.29, 0.717) is 0 Å². The van der Waals surface area contributed by atoms with Crippen molar-refractivity contribution in [3.05, 3.63) is 0 Å². The van der Waals surface area contributed by atoms with E-state index in [0.717, 1.165) is 9.80 Å². The number of carboxylic acids is 1. The number of carbonyl (C=O) groups is 12. The maximum atomic E-state index is 15.2. The van der Waals surface area contributed by atoms with Crippen LogP contribution < -0.4 is 21.3 Å². The molecule has 11 amide bonds. The summed E-state index contributed by atoms with van der Waals surface area (Å²) in [6.07, 6.45) is -1.19. The fraction of sp³-hybridized carbons (Fsp3) is 0.806. The van der Waals surface area contributed by atoms with Crippen LogP contribution in [0.15, 0.2) is 0 Å². The lowest BCUT2D eigenvalue weighted by Gasteiger charge is -2.41. The molecule has 498 valence electrons. The summed E-state index contributed by atoms with van der Waals surface area (Å²) in [5.74, 6) is -11.6. The van der Waals surface area contributed by atoms with Crippen LogP contribution in [0.5, 0.6) is 0 Å². The van der Waals surface area contributed by atoms with E-state index < -0.39 is 162 Å². The molecule has 6 N–H and O–H groups in total. The average molecular weight is 1230 g/mol. The van der Waals surface area contributed by atoms with Gasteiger partial charge in [-0.15, -0.1) is 0 Å². The predicted molar refractivity (Wildman–Crippen MR) is 331 cm³/mol. The molecule has 0 aliphatic carbocycles. The zero-order valence-electron chi connectivity index (χ0n) is 56.7. The molecule has 12 atom stereocenters. The summed E-state index contributed by atoms with van der Waals surface area (Å²) in [6, 6.07) is -12.8. The number of hydrogen-bond donors (Lipinski definition) is 6. The van der Waals surface area contributed by atoms with E-state index in [4.69, 9.17) is 0 Å². The van der Waals surface area contributed by atoms with Crippen molar-refractivity contribution < 1.29 is 67.7 Å². The van der Waals surface area contributed by atoms with Gasteiger partial charge in [-0.1, -0.05) is 96.9 Å². The number of aliphatic carboxylic acids is 1. The molecule has 0 aromatic carbocycles. The van der Waals surface area contributed by atoms with Crippen LogP contribution in [-0.4, -0.2) is 238 Å². The SMILES string of the molecule is CC[C@@H]1NC(=O)C([C@H](O)[C@H](C)CCCC(=O)O)N(C)C(=O)C(C(C)C)N(C)C(=O)[C@H](CC(C)C)N(C)C(=O)[C@H](CC(C)C)N(C)C(=O)[C@H](C)NC(=O)[C@H](C)NC(=O)[C@H](CC(C)C)N(C)C(=O)[C@H](C(C)C)NC(=O)[C@H](CC(C)C)N(C)C(=O)CN(C)C1=O. The Hall–Kier alpha value is -6.40. The van der Waals surface area contributed by atoms with E-state index in [-0.39, 0.29) is 75.0 Å². The molecule has 0 aromatic heterocycles. The van der Waals surface area contributed by atoms with Gasteiger partial charge in [0.2, 0.25) is 65.0 Å². The van der Waals surface area contributed by atoms with Gasteiger partial charge in [-0.25, -0.2) is 0 Å². The van der Waals surface area contributed by atoms with Gasteiger partial charge in [0, 0.05) is 55.8 Å². The van der Waals surface area contributed by atoms with Crippen LogP contribution in [0.4, 0.5) is 0 Å². The lowest BCUT2D eigenvalue weighted by atomic mass is 9.90. The van der Waals surface area contributed by atoms with Crippen molar-refractivity contribution in [1.82, 2.24) is 55.6 Å². The van der Waals surface area contributed by atoms with Crippen molar-refractivity contribution >= 4 is 70.9 Å². The molecule has 1 heterocycles. The number of aliphatic hydroxyl groups is 1. The minimum absolute atomic E-state index is 0.0326. The van der Waals surface area contributed by atoms with Crippen LogP contribution in [0.2, 0.25) is 0 Å². The minimum atomic E-state index is -1.73. The molecule has 25 nitrogen and oxygen atoms in total. The van der Waals surface area contributed by atoms with Crippen molar-refractivity contribution in [2.75, 3.05) is 55.9 Å². The average Bonchev–Trinajstić information content (AvgIpc) is 1.19. The summed E-state index contributed by atoms with van der Waals surface area (Å²) < 4.78 is 0. The summed E-state index contributed by atoms with van der Waals surface area (Å²) in [5.41, 5.74) is 0. The number of hydrogen-bond acceptors (Lipinski definition) is 13. The normalized spacial score (nSPS) is 26.4. The Morgan fingerprint density at radius 3 is 1.33 bits per heavy atom. The van der Waals surface area contributed by atoms with Gasteiger partial charge in [0.1, 0.15) is 60.4 Å². The van der Waals surface area contributed by atoms with E-state index in [9.17, 15) is 58.2 Å². The molecule has 1 rings (SSSR count). The summed E-state index contributed by atoms with van der Waals surface area (Å²) in [7, 11) is 9.68. The van der Waals surface area contributed by atoms with Crippen LogP contribution in [0.1, 0.15) is 162 Å². The maximum absolute atomic E-state index is 15.2. The monoisotopic (exact) mass is 1230 g/mol. The van der Waals surface area contributed by atoms with Gasteiger partial charge < -0.3 is 65.8 Å². The highest BCUT2D eigenvalue weighted by atomic mass is 16.4. The molecule has 0 saturated carbocycles. The second-order valence-corrected chi connectivity index (χ2v) is 26.6. The number of carbonyl (C=O) groups excluding carboxylic acids is 11. The summed E-state index contributed by atoms with van der Waals surface area (Å²) in [6.45, 7) is 27.0. The molecule has 1 fully saturated rings. The van der Waals surface area contributed by atoms with Crippen molar-refractivity contribution in [2.45, 2.75) is 229 Å². The molecule has 0 bridgehead atoms. The molecule has 1 aliphatic rings. The lowest BCUT2D eigenvalue weighted by molar-refractivity contribution is -0.157. The largest absolute Gasteiger partial charge is 0.481 e. The van der Waals surface area contributed by atoms with Gasteiger partial charge in [-0.3, -0.25) is 57.5 Å². The van der Waals surface area contributed by atoms with E-state index >= 15 is 9.59 Å². The third kappa shape index (κ3) is 22.6. The highest BCUT2D eigenvalue weighted by molar-refractivity contribution is 5.99. The number of carboxylic acid groups (broad SMARTS) is 1. The number of nitrogens with zero attached hydrogens (tertiary/aromatic N) is 7. The third-order valence-corrected chi connectivity index (χ3v) is 16.4. The summed E-state index contributed by atoms with van der Waals surface area (Å²) >= 11 is 0. The number of amides is 11. The van der Waals surface area contributed by atoms with Crippen molar-refractivity contribution in [1.29, 1.82) is 0 Å². The van der Waals surface area contributed by atoms with Crippen LogP contribution in [-0.2, 0) is 57.5 Å². The van der Waals surface area contributed by atoms with Gasteiger partial charge in [0.25, 0.3) is 0 Å². The minimum Gasteiger partial charge on any atom is -0.481 e.